The van der Waals surface area contributed by atoms with Gasteiger partial charge in [-0.25, -0.2) is 9.18 Å². The van der Waals surface area contributed by atoms with E-state index in [1.165, 1.54) is 35.2 Å². The molecule has 0 radical (unpaired) electrons. The van der Waals surface area contributed by atoms with Crippen molar-refractivity contribution in [2.24, 2.45) is 0 Å². The molecule has 8 heteroatoms. The number of anilines is 2. The van der Waals surface area contributed by atoms with E-state index in [0.717, 1.165) is 19.2 Å². The lowest BCUT2D eigenvalue weighted by Gasteiger charge is -2.24. The minimum absolute atomic E-state index is 0.0401. The molecule has 0 bridgehead atoms. The van der Waals surface area contributed by atoms with Crippen molar-refractivity contribution in [1.29, 1.82) is 0 Å². The molecule has 0 saturated carbocycles. The third-order valence-corrected chi connectivity index (χ3v) is 3.66. The summed E-state index contributed by atoms with van der Waals surface area (Å²) in [6.45, 7) is 0.226. The summed E-state index contributed by atoms with van der Waals surface area (Å²) in [5, 5.41) is 2.04. The van der Waals surface area contributed by atoms with Crippen LogP contribution in [0.4, 0.5) is 33.7 Å². The van der Waals surface area contributed by atoms with Crippen molar-refractivity contribution >= 4 is 17.5 Å². The normalized spacial score (nSPS) is 10.8. The van der Waals surface area contributed by atoms with Crippen molar-refractivity contribution in [3.63, 3.8) is 0 Å². The molecule has 0 aliphatic rings. The summed E-state index contributed by atoms with van der Waals surface area (Å²) in [5.74, 6) is 1.98. The largest absolute Gasteiger partial charge is 0.453 e. The summed E-state index contributed by atoms with van der Waals surface area (Å²) >= 11 is 0. The summed E-state index contributed by atoms with van der Waals surface area (Å²) in [6, 6.07) is 8.99. The molecule has 0 aliphatic carbocycles. The molecule has 0 heterocycles. The lowest BCUT2D eigenvalue weighted by atomic mass is 10.1. The Morgan fingerprint density at radius 1 is 1.22 bits per heavy atom. The first-order valence-corrected chi connectivity index (χ1v) is 7.73. The molecule has 0 unspecified atom stereocenters. The molecule has 27 heavy (non-hydrogen) atoms. The zero-order valence-electron chi connectivity index (χ0n) is 14.3. The molecular formula is C19H16F4N2O2. The Kier molecular flexibility index (Phi) is 6.29. The fraction of sp³-hybridized carbons (Fsp3) is 0.211. The van der Waals surface area contributed by atoms with Gasteiger partial charge in [0.15, 0.2) is 0 Å². The molecule has 0 fully saturated rings. The number of methoxy groups -OCH3 is 1. The molecule has 0 saturated heterocycles. The van der Waals surface area contributed by atoms with Crippen LogP contribution in [0.2, 0.25) is 0 Å². The van der Waals surface area contributed by atoms with Crippen LogP contribution in [0.25, 0.3) is 0 Å². The van der Waals surface area contributed by atoms with E-state index >= 15 is 0 Å². The number of ether oxygens (including phenoxy) is 1. The van der Waals surface area contributed by atoms with Gasteiger partial charge in [-0.05, 0) is 35.9 Å². The van der Waals surface area contributed by atoms with Crippen LogP contribution in [-0.2, 0) is 17.5 Å². The Morgan fingerprint density at radius 2 is 1.89 bits per heavy atom. The van der Waals surface area contributed by atoms with Crippen LogP contribution < -0.4 is 10.2 Å². The zero-order chi connectivity index (χ0) is 20.0. The molecule has 0 spiro atoms. The van der Waals surface area contributed by atoms with E-state index in [-0.39, 0.29) is 18.8 Å². The number of carbonyl (C=O) groups is 1. The lowest BCUT2D eigenvalue weighted by molar-refractivity contribution is -0.136. The van der Waals surface area contributed by atoms with Gasteiger partial charge in [0.05, 0.1) is 24.9 Å². The Hall–Kier alpha value is -3.21. The highest BCUT2D eigenvalue weighted by molar-refractivity contribution is 5.86. The fourth-order valence-corrected chi connectivity index (χ4v) is 2.39. The van der Waals surface area contributed by atoms with Gasteiger partial charge in [0.1, 0.15) is 5.82 Å². The first kappa shape index (κ1) is 20.1. The van der Waals surface area contributed by atoms with Gasteiger partial charge in [0.2, 0.25) is 0 Å². The highest BCUT2D eigenvalue weighted by Gasteiger charge is 2.34. The number of hydrogen-bond donors (Lipinski definition) is 1. The van der Waals surface area contributed by atoms with Crippen LogP contribution in [0, 0.1) is 18.2 Å². The lowest BCUT2D eigenvalue weighted by Crippen LogP contribution is -2.24. The molecule has 4 nitrogen and oxygen atoms in total. The van der Waals surface area contributed by atoms with E-state index < -0.39 is 29.3 Å². The van der Waals surface area contributed by atoms with Crippen molar-refractivity contribution in [1.82, 2.24) is 0 Å². The number of hydrogen-bond acceptors (Lipinski definition) is 3. The number of nitrogens with one attached hydrogen (secondary N) is 1. The molecule has 142 valence electrons. The summed E-state index contributed by atoms with van der Waals surface area (Å²) < 4.78 is 57.6. The standard InChI is InChI=1S/C19H16F4N2O2/c1-3-10-25(12-13-4-6-14(20)7-5-13)15-8-9-17(24-18(26)27-2)16(11-15)19(21,22)23/h1,4-9,11H,10,12H2,2H3,(H,24,26). The summed E-state index contributed by atoms with van der Waals surface area (Å²) in [7, 11) is 1.05. The Balaban J connectivity index is 2.39. The number of rotatable bonds is 5. The maximum atomic E-state index is 13.4. The van der Waals surface area contributed by atoms with E-state index in [9.17, 15) is 22.4 Å². The second-order valence-corrected chi connectivity index (χ2v) is 5.53. The second-order valence-electron chi connectivity index (χ2n) is 5.53. The zero-order valence-corrected chi connectivity index (χ0v) is 14.3. The van der Waals surface area contributed by atoms with Crippen LogP contribution >= 0.6 is 0 Å². The van der Waals surface area contributed by atoms with Gasteiger partial charge < -0.3 is 9.64 Å². The maximum Gasteiger partial charge on any atom is 0.418 e. The molecule has 0 aromatic heterocycles. The minimum atomic E-state index is -4.70. The Morgan fingerprint density at radius 3 is 2.44 bits per heavy atom. The van der Waals surface area contributed by atoms with Gasteiger partial charge in [-0.15, -0.1) is 6.42 Å². The summed E-state index contributed by atoms with van der Waals surface area (Å²) in [6.07, 6.45) is -0.383. The predicted octanol–water partition coefficient (Wildman–Crippen LogP) is 4.66. The predicted molar refractivity (Wildman–Crippen MR) is 93.8 cm³/mol. The fourth-order valence-electron chi connectivity index (χ4n) is 2.39. The second kappa shape index (κ2) is 8.45. The molecule has 2 rings (SSSR count). The quantitative estimate of drug-likeness (QED) is 0.606. The number of benzene rings is 2. The van der Waals surface area contributed by atoms with Gasteiger partial charge in [-0.1, -0.05) is 18.1 Å². The van der Waals surface area contributed by atoms with Crippen molar-refractivity contribution in [2.45, 2.75) is 12.7 Å². The van der Waals surface area contributed by atoms with Gasteiger partial charge >= 0.3 is 12.3 Å². The van der Waals surface area contributed by atoms with E-state index in [1.807, 2.05) is 5.32 Å². The van der Waals surface area contributed by atoms with Crippen molar-refractivity contribution in [3.05, 3.63) is 59.4 Å². The van der Waals surface area contributed by atoms with E-state index in [1.54, 1.807) is 0 Å². The van der Waals surface area contributed by atoms with Gasteiger partial charge in [-0.3, -0.25) is 5.32 Å². The van der Waals surface area contributed by atoms with E-state index in [2.05, 4.69) is 10.7 Å². The van der Waals surface area contributed by atoms with Gasteiger partial charge in [0.25, 0.3) is 0 Å². The third kappa shape index (κ3) is 5.38. The number of nitrogens with zero attached hydrogens (tertiary/aromatic N) is 1. The first-order chi connectivity index (χ1) is 12.7. The van der Waals surface area contributed by atoms with E-state index in [4.69, 9.17) is 6.42 Å². The number of amides is 1. The number of halogens is 4. The van der Waals surface area contributed by atoms with Crippen LogP contribution in [0.3, 0.4) is 0 Å². The van der Waals surface area contributed by atoms with Crippen LogP contribution in [-0.4, -0.2) is 19.7 Å². The number of terminal acetylenes is 1. The van der Waals surface area contributed by atoms with Crippen molar-refractivity contribution < 1.29 is 27.1 Å². The van der Waals surface area contributed by atoms with Crippen molar-refractivity contribution in [2.75, 3.05) is 23.9 Å². The third-order valence-electron chi connectivity index (χ3n) is 3.66. The molecule has 1 N–H and O–H groups in total. The average Bonchev–Trinajstić information content (AvgIpc) is 2.62. The summed E-state index contributed by atoms with van der Waals surface area (Å²) in [4.78, 5) is 12.8. The van der Waals surface area contributed by atoms with Crippen LogP contribution in [0.15, 0.2) is 42.5 Å². The first-order valence-electron chi connectivity index (χ1n) is 7.73. The average molecular weight is 380 g/mol. The molecule has 0 atom stereocenters. The highest BCUT2D eigenvalue weighted by atomic mass is 19.4. The van der Waals surface area contributed by atoms with Gasteiger partial charge in [0, 0.05) is 12.2 Å². The molecule has 2 aromatic carbocycles. The SMILES string of the molecule is C#CCN(Cc1ccc(F)cc1)c1ccc(NC(=O)OC)c(C(F)(F)F)c1. The van der Waals surface area contributed by atoms with Gasteiger partial charge in [-0.2, -0.15) is 13.2 Å². The Bertz CT molecular complexity index is 842. The minimum Gasteiger partial charge on any atom is -0.453 e. The number of alkyl halides is 3. The smallest absolute Gasteiger partial charge is 0.418 e. The molecule has 1 amide bonds. The topological polar surface area (TPSA) is 41.6 Å². The van der Waals surface area contributed by atoms with E-state index in [0.29, 0.717) is 5.56 Å². The van der Waals surface area contributed by atoms with Crippen LogP contribution in [0.5, 0.6) is 0 Å². The maximum absolute atomic E-state index is 13.4. The monoisotopic (exact) mass is 380 g/mol. The van der Waals surface area contributed by atoms with Crippen molar-refractivity contribution in [3.8, 4) is 12.3 Å². The molecule has 2 aromatic rings. The highest BCUT2D eigenvalue weighted by Crippen LogP contribution is 2.37. The summed E-state index contributed by atoms with van der Waals surface area (Å²) in [5.41, 5.74) is -0.580. The number of carbonyl (C=O) groups excluding carboxylic acids is 1. The Labute approximate surface area is 153 Å². The molecule has 0 aliphatic heterocycles. The van der Waals surface area contributed by atoms with Crippen LogP contribution in [0.1, 0.15) is 11.1 Å². The molecular weight excluding hydrogens is 364 g/mol.